The van der Waals surface area contributed by atoms with Gasteiger partial charge in [0.05, 0.1) is 0 Å². The minimum atomic E-state index is -1.17. The predicted molar refractivity (Wildman–Crippen MR) is 66.1 cm³/mol. The van der Waals surface area contributed by atoms with E-state index in [0.29, 0.717) is 11.1 Å². The molecule has 0 aliphatic rings. The van der Waals surface area contributed by atoms with Gasteiger partial charge < -0.3 is 20.4 Å². The van der Waals surface area contributed by atoms with Crippen LogP contribution in [0.3, 0.4) is 0 Å². The molecule has 2 rings (SSSR count). The van der Waals surface area contributed by atoms with Gasteiger partial charge in [0, 0.05) is 0 Å². The molecule has 0 amide bonds. The highest BCUT2D eigenvalue weighted by Gasteiger charge is 2.20. The van der Waals surface area contributed by atoms with Crippen LogP contribution < -0.4 is 0 Å². The standard InChI is InChI=1S/C14H14O4/c15-11-5-1-3-9(7-11)13(17)14(18)10-4-2-6-12(16)8-10/h1-8,13-18H/t13-,14-/m0/s1. The average Bonchev–Trinajstić information content (AvgIpc) is 2.37. The van der Waals surface area contributed by atoms with E-state index in [1.54, 1.807) is 24.3 Å². The molecule has 4 N–H and O–H groups in total. The second-order valence-corrected chi connectivity index (χ2v) is 4.08. The number of aromatic hydroxyl groups is 2. The van der Waals surface area contributed by atoms with E-state index in [1.165, 1.54) is 24.3 Å². The summed E-state index contributed by atoms with van der Waals surface area (Å²) in [4.78, 5) is 0. The average molecular weight is 246 g/mol. The van der Waals surface area contributed by atoms with Gasteiger partial charge in [0.2, 0.25) is 0 Å². The molecule has 0 fully saturated rings. The minimum absolute atomic E-state index is 0.0228. The first-order valence-corrected chi connectivity index (χ1v) is 5.52. The van der Waals surface area contributed by atoms with Crippen LogP contribution in [0.15, 0.2) is 48.5 Å². The van der Waals surface area contributed by atoms with Crippen molar-refractivity contribution in [2.24, 2.45) is 0 Å². The molecular weight excluding hydrogens is 232 g/mol. The summed E-state index contributed by atoms with van der Waals surface area (Å²) in [6, 6.07) is 12.1. The lowest BCUT2D eigenvalue weighted by atomic mass is 9.98. The molecular formula is C14H14O4. The Kier molecular flexibility index (Phi) is 3.50. The van der Waals surface area contributed by atoms with Crippen molar-refractivity contribution in [2.45, 2.75) is 12.2 Å². The van der Waals surface area contributed by atoms with Gasteiger partial charge in [-0.2, -0.15) is 0 Å². The van der Waals surface area contributed by atoms with E-state index in [0.717, 1.165) is 0 Å². The normalized spacial score (nSPS) is 14.1. The van der Waals surface area contributed by atoms with E-state index in [2.05, 4.69) is 0 Å². The minimum Gasteiger partial charge on any atom is -0.508 e. The zero-order valence-electron chi connectivity index (χ0n) is 9.56. The van der Waals surface area contributed by atoms with Gasteiger partial charge >= 0.3 is 0 Å². The summed E-state index contributed by atoms with van der Waals surface area (Å²) in [6.45, 7) is 0. The molecule has 0 radical (unpaired) electrons. The maximum atomic E-state index is 10.0. The fourth-order valence-corrected chi connectivity index (χ4v) is 1.78. The first-order chi connectivity index (χ1) is 8.58. The lowest BCUT2D eigenvalue weighted by Gasteiger charge is -2.18. The summed E-state index contributed by atoms with van der Waals surface area (Å²) < 4.78 is 0. The van der Waals surface area contributed by atoms with Gasteiger partial charge in [0.25, 0.3) is 0 Å². The fourth-order valence-electron chi connectivity index (χ4n) is 1.78. The van der Waals surface area contributed by atoms with E-state index < -0.39 is 12.2 Å². The Morgan fingerprint density at radius 2 is 1.06 bits per heavy atom. The predicted octanol–water partition coefficient (Wildman–Crippen LogP) is 1.86. The van der Waals surface area contributed by atoms with Crippen molar-refractivity contribution in [1.82, 2.24) is 0 Å². The largest absolute Gasteiger partial charge is 0.508 e. The third-order valence-electron chi connectivity index (χ3n) is 2.72. The molecule has 2 aromatic rings. The molecule has 2 aromatic carbocycles. The highest BCUT2D eigenvalue weighted by atomic mass is 16.3. The van der Waals surface area contributed by atoms with Crippen molar-refractivity contribution in [3.05, 3.63) is 59.7 Å². The van der Waals surface area contributed by atoms with Gasteiger partial charge in [-0.1, -0.05) is 24.3 Å². The summed E-state index contributed by atoms with van der Waals surface area (Å²) in [5, 5.41) is 38.7. The number of aliphatic hydroxyl groups is 2. The van der Waals surface area contributed by atoms with Gasteiger partial charge in [-0.05, 0) is 35.4 Å². The Hall–Kier alpha value is -2.04. The van der Waals surface area contributed by atoms with E-state index in [-0.39, 0.29) is 11.5 Å². The molecule has 0 spiro atoms. The number of benzene rings is 2. The van der Waals surface area contributed by atoms with Gasteiger partial charge in [0.1, 0.15) is 23.7 Å². The zero-order chi connectivity index (χ0) is 13.1. The Balaban J connectivity index is 2.26. The van der Waals surface area contributed by atoms with E-state index >= 15 is 0 Å². The van der Waals surface area contributed by atoms with Crippen molar-refractivity contribution in [3.63, 3.8) is 0 Å². The number of hydrogen-bond donors (Lipinski definition) is 4. The van der Waals surface area contributed by atoms with Gasteiger partial charge in [-0.3, -0.25) is 0 Å². The third kappa shape index (κ3) is 2.61. The topological polar surface area (TPSA) is 80.9 Å². The van der Waals surface area contributed by atoms with Crippen LogP contribution in [0.1, 0.15) is 23.3 Å². The number of aliphatic hydroxyl groups excluding tert-OH is 2. The SMILES string of the molecule is Oc1cccc([C@H](O)[C@@H](O)c2cccc(O)c2)c1. The second-order valence-electron chi connectivity index (χ2n) is 4.08. The van der Waals surface area contributed by atoms with Crippen molar-refractivity contribution in [1.29, 1.82) is 0 Å². The summed E-state index contributed by atoms with van der Waals surface area (Å²) >= 11 is 0. The maximum absolute atomic E-state index is 10.0. The van der Waals surface area contributed by atoms with Crippen molar-refractivity contribution in [2.75, 3.05) is 0 Å². The summed E-state index contributed by atoms with van der Waals surface area (Å²) in [6.07, 6.45) is -2.34. The molecule has 4 nitrogen and oxygen atoms in total. The molecule has 0 saturated heterocycles. The van der Waals surface area contributed by atoms with Crippen molar-refractivity contribution >= 4 is 0 Å². The van der Waals surface area contributed by atoms with E-state index in [1.807, 2.05) is 0 Å². The van der Waals surface area contributed by atoms with Crippen molar-refractivity contribution < 1.29 is 20.4 Å². The smallest absolute Gasteiger partial charge is 0.115 e. The highest BCUT2D eigenvalue weighted by molar-refractivity contribution is 5.33. The molecule has 0 bridgehead atoms. The first-order valence-electron chi connectivity index (χ1n) is 5.52. The molecule has 2 atom stereocenters. The van der Waals surface area contributed by atoms with Gasteiger partial charge in [-0.15, -0.1) is 0 Å². The van der Waals surface area contributed by atoms with Gasteiger partial charge in [0.15, 0.2) is 0 Å². The molecule has 0 heterocycles. The van der Waals surface area contributed by atoms with Crippen LogP contribution in [0, 0.1) is 0 Å². The van der Waals surface area contributed by atoms with Crippen LogP contribution in [0.25, 0.3) is 0 Å². The molecule has 18 heavy (non-hydrogen) atoms. The number of hydrogen-bond acceptors (Lipinski definition) is 4. The Bertz CT molecular complexity index is 489. The molecule has 0 aliphatic carbocycles. The van der Waals surface area contributed by atoms with E-state index in [4.69, 9.17) is 0 Å². The highest BCUT2D eigenvalue weighted by Crippen LogP contribution is 2.31. The van der Waals surface area contributed by atoms with E-state index in [9.17, 15) is 20.4 Å². The number of phenolic OH excluding ortho intramolecular Hbond substituents is 2. The monoisotopic (exact) mass is 246 g/mol. The van der Waals surface area contributed by atoms with Crippen LogP contribution in [-0.4, -0.2) is 20.4 Å². The first kappa shape index (κ1) is 12.4. The van der Waals surface area contributed by atoms with Crippen LogP contribution in [0.5, 0.6) is 11.5 Å². The molecule has 0 unspecified atom stereocenters. The third-order valence-corrected chi connectivity index (χ3v) is 2.72. The molecule has 0 saturated carbocycles. The number of phenols is 2. The maximum Gasteiger partial charge on any atom is 0.115 e. The quantitative estimate of drug-likeness (QED) is 0.666. The Morgan fingerprint density at radius 1 is 0.667 bits per heavy atom. The van der Waals surface area contributed by atoms with Crippen LogP contribution in [0.2, 0.25) is 0 Å². The van der Waals surface area contributed by atoms with Crippen LogP contribution in [0.4, 0.5) is 0 Å². The second kappa shape index (κ2) is 5.08. The fraction of sp³-hybridized carbons (Fsp3) is 0.143. The summed E-state index contributed by atoms with van der Waals surface area (Å²) in [5.74, 6) is 0.0457. The Labute approximate surface area is 104 Å². The summed E-state index contributed by atoms with van der Waals surface area (Å²) in [5.41, 5.74) is 0.816. The Morgan fingerprint density at radius 3 is 1.39 bits per heavy atom. The molecule has 0 aromatic heterocycles. The molecule has 0 aliphatic heterocycles. The lowest BCUT2D eigenvalue weighted by Crippen LogP contribution is -2.10. The number of rotatable bonds is 3. The molecule has 4 heteroatoms. The van der Waals surface area contributed by atoms with Crippen molar-refractivity contribution in [3.8, 4) is 11.5 Å². The zero-order valence-corrected chi connectivity index (χ0v) is 9.56. The van der Waals surface area contributed by atoms with Gasteiger partial charge in [-0.25, -0.2) is 0 Å². The summed E-state index contributed by atoms with van der Waals surface area (Å²) in [7, 11) is 0. The lowest BCUT2D eigenvalue weighted by molar-refractivity contribution is 0.0170. The van der Waals surface area contributed by atoms with Crippen LogP contribution in [-0.2, 0) is 0 Å². The molecule has 94 valence electrons. The van der Waals surface area contributed by atoms with Crippen LogP contribution >= 0.6 is 0 Å².